The van der Waals surface area contributed by atoms with Gasteiger partial charge >= 0.3 is 6.18 Å². The van der Waals surface area contributed by atoms with E-state index in [4.69, 9.17) is 4.74 Å². The van der Waals surface area contributed by atoms with Gasteiger partial charge in [-0.05, 0) is 29.8 Å². The number of aromatic nitrogens is 1. The molecule has 1 aromatic heterocycles. The molecule has 1 heterocycles. The Bertz CT molecular complexity index is 955. The van der Waals surface area contributed by atoms with Crippen molar-refractivity contribution >= 4 is 5.78 Å². The van der Waals surface area contributed by atoms with E-state index in [-0.39, 0.29) is 16.9 Å². The largest absolute Gasteiger partial charge is 0.496 e. The van der Waals surface area contributed by atoms with Crippen molar-refractivity contribution in [1.82, 2.24) is 4.98 Å². The van der Waals surface area contributed by atoms with E-state index in [1.807, 2.05) is 0 Å². The number of carbonyl (C=O) groups is 1. The third kappa shape index (κ3) is 4.22. The lowest BCUT2D eigenvalue weighted by atomic mass is 9.87. The van der Waals surface area contributed by atoms with Crippen molar-refractivity contribution in [3.63, 3.8) is 0 Å². The first kappa shape index (κ1) is 19.6. The molecule has 0 amide bonds. The van der Waals surface area contributed by atoms with Crippen LogP contribution < -0.4 is 4.74 Å². The van der Waals surface area contributed by atoms with Crippen LogP contribution in [-0.2, 0) is 0 Å². The van der Waals surface area contributed by atoms with Crippen LogP contribution in [0, 0.1) is 0 Å². The quantitative estimate of drug-likeness (QED) is 0.513. The van der Waals surface area contributed by atoms with Crippen molar-refractivity contribution in [1.29, 1.82) is 0 Å². The Hall–Kier alpha value is -3.15. The number of Topliss-reactive ketones (excluding diaryl/α,β-unsaturated/α-hetero) is 1. The highest BCUT2D eigenvalue weighted by molar-refractivity contribution is 5.99. The third-order valence-corrected chi connectivity index (χ3v) is 4.47. The standard InChI is InChI=1S/C22H18F3NO2/c1-28-21-12-5-4-10-17(21)20(27)14-18(22(23,24)25)15-8-2-3-9-16(15)19-11-6-7-13-26-19/h2-13,18H,14H2,1H3. The summed E-state index contributed by atoms with van der Waals surface area (Å²) in [6.07, 6.45) is -3.79. The molecular formula is C22H18F3NO2. The van der Waals surface area contributed by atoms with Gasteiger partial charge in [0.05, 0.1) is 24.3 Å². The molecule has 0 radical (unpaired) electrons. The molecule has 3 aromatic rings. The van der Waals surface area contributed by atoms with E-state index in [9.17, 15) is 18.0 Å². The second-order valence-corrected chi connectivity index (χ2v) is 6.22. The van der Waals surface area contributed by atoms with Crippen LogP contribution in [0.1, 0.15) is 28.3 Å². The molecule has 0 aliphatic heterocycles. The number of carbonyl (C=O) groups excluding carboxylic acids is 1. The SMILES string of the molecule is COc1ccccc1C(=O)CC(c1ccccc1-c1ccccn1)C(F)(F)F. The first-order chi connectivity index (χ1) is 13.4. The highest BCUT2D eigenvalue weighted by Gasteiger charge is 2.43. The minimum atomic E-state index is -4.59. The minimum Gasteiger partial charge on any atom is -0.496 e. The van der Waals surface area contributed by atoms with Gasteiger partial charge in [0.15, 0.2) is 5.78 Å². The van der Waals surface area contributed by atoms with Gasteiger partial charge < -0.3 is 4.74 Å². The summed E-state index contributed by atoms with van der Waals surface area (Å²) < 4.78 is 47.0. The molecule has 0 bridgehead atoms. The molecule has 3 nitrogen and oxygen atoms in total. The summed E-state index contributed by atoms with van der Waals surface area (Å²) in [5, 5.41) is 0. The highest BCUT2D eigenvalue weighted by Crippen LogP contribution is 2.42. The summed E-state index contributed by atoms with van der Waals surface area (Å²) in [6.45, 7) is 0. The Labute approximate surface area is 160 Å². The van der Waals surface area contributed by atoms with Gasteiger partial charge in [-0.25, -0.2) is 0 Å². The van der Waals surface area contributed by atoms with Gasteiger partial charge in [-0.1, -0.05) is 42.5 Å². The number of pyridine rings is 1. The average molecular weight is 385 g/mol. The summed E-state index contributed by atoms with van der Waals surface area (Å²) in [5.41, 5.74) is 0.946. The van der Waals surface area contributed by atoms with Crippen molar-refractivity contribution in [2.24, 2.45) is 0 Å². The van der Waals surface area contributed by atoms with Crippen molar-refractivity contribution in [2.45, 2.75) is 18.5 Å². The lowest BCUT2D eigenvalue weighted by Gasteiger charge is -2.23. The molecule has 6 heteroatoms. The number of rotatable bonds is 6. The normalized spacial score (nSPS) is 12.4. The number of methoxy groups -OCH3 is 1. The Morgan fingerprint density at radius 2 is 1.68 bits per heavy atom. The molecule has 1 unspecified atom stereocenters. The highest BCUT2D eigenvalue weighted by atomic mass is 19.4. The Morgan fingerprint density at radius 1 is 1.00 bits per heavy atom. The maximum Gasteiger partial charge on any atom is 0.396 e. The zero-order valence-electron chi connectivity index (χ0n) is 15.1. The van der Waals surface area contributed by atoms with E-state index < -0.39 is 24.3 Å². The van der Waals surface area contributed by atoms with E-state index >= 15 is 0 Å². The van der Waals surface area contributed by atoms with E-state index in [1.54, 1.807) is 48.5 Å². The number of para-hydroxylation sites is 1. The second-order valence-electron chi connectivity index (χ2n) is 6.22. The van der Waals surface area contributed by atoms with Crippen LogP contribution in [0.4, 0.5) is 13.2 Å². The smallest absolute Gasteiger partial charge is 0.396 e. The molecule has 144 valence electrons. The molecule has 0 aliphatic rings. The fraction of sp³-hybridized carbons (Fsp3) is 0.182. The van der Waals surface area contributed by atoms with E-state index in [2.05, 4.69) is 4.98 Å². The molecule has 3 rings (SSSR count). The molecule has 1 atom stereocenters. The van der Waals surface area contributed by atoms with Gasteiger partial charge in [0.1, 0.15) is 5.75 Å². The van der Waals surface area contributed by atoms with Crippen LogP contribution in [0.2, 0.25) is 0 Å². The first-order valence-corrected chi connectivity index (χ1v) is 8.65. The van der Waals surface area contributed by atoms with Crippen LogP contribution >= 0.6 is 0 Å². The Balaban J connectivity index is 2.03. The van der Waals surface area contributed by atoms with Gasteiger partial charge in [0.2, 0.25) is 0 Å². The lowest BCUT2D eigenvalue weighted by molar-refractivity contribution is -0.149. The minimum absolute atomic E-state index is 0.0250. The molecular weight excluding hydrogens is 367 g/mol. The van der Waals surface area contributed by atoms with E-state index in [0.29, 0.717) is 11.3 Å². The van der Waals surface area contributed by atoms with E-state index in [1.165, 1.54) is 31.5 Å². The monoisotopic (exact) mass is 385 g/mol. The maximum atomic E-state index is 14.0. The number of alkyl halides is 3. The molecule has 0 spiro atoms. The van der Waals surface area contributed by atoms with Crippen molar-refractivity contribution in [2.75, 3.05) is 7.11 Å². The predicted molar refractivity (Wildman–Crippen MR) is 100 cm³/mol. The predicted octanol–water partition coefficient (Wildman–Crippen LogP) is 5.68. The van der Waals surface area contributed by atoms with Gasteiger partial charge in [-0.15, -0.1) is 0 Å². The van der Waals surface area contributed by atoms with Crippen LogP contribution in [0.15, 0.2) is 72.9 Å². The summed E-state index contributed by atoms with van der Waals surface area (Å²) in [7, 11) is 1.38. The van der Waals surface area contributed by atoms with Crippen molar-refractivity contribution < 1.29 is 22.7 Å². The van der Waals surface area contributed by atoms with Crippen LogP contribution in [0.5, 0.6) is 5.75 Å². The summed E-state index contributed by atoms with van der Waals surface area (Å²) in [5.74, 6) is -2.33. The third-order valence-electron chi connectivity index (χ3n) is 4.47. The number of hydrogen-bond donors (Lipinski definition) is 0. The molecule has 28 heavy (non-hydrogen) atoms. The maximum absolute atomic E-state index is 14.0. The second kappa shape index (κ2) is 8.25. The van der Waals surface area contributed by atoms with Gasteiger partial charge in [0, 0.05) is 18.2 Å². The zero-order valence-corrected chi connectivity index (χ0v) is 15.1. The molecule has 2 aromatic carbocycles. The van der Waals surface area contributed by atoms with Crippen molar-refractivity contribution in [3.05, 3.63) is 84.1 Å². The van der Waals surface area contributed by atoms with Crippen LogP contribution in [0.3, 0.4) is 0 Å². The summed E-state index contributed by atoms with van der Waals surface area (Å²) in [6, 6.07) is 17.5. The molecule has 0 fully saturated rings. The molecule has 0 aliphatic carbocycles. The summed E-state index contributed by atoms with van der Waals surface area (Å²) in [4.78, 5) is 16.9. The van der Waals surface area contributed by atoms with Gasteiger partial charge in [-0.2, -0.15) is 13.2 Å². The number of ketones is 1. The Kier molecular flexibility index (Phi) is 5.78. The van der Waals surface area contributed by atoms with Gasteiger partial charge in [-0.3, -0.25) is 9.78 Å². The summed E-state index contributed by atoms with van der Waals surface area (Å²) >= 11 is 0. The van der Waals surface area contributed by atoms with Crippen LogP contribution in [-0.4, -0.2) is 24.1 Å². The van der Waals surface area contributed by atoms with Gasteiger partial charge in [0.25, 0.3) is 0 Å². The number of hydrogen-bond acceptors (Lipinski definition) is 3. The fourth-order valence-electron chi connectivity index (χ4n) is 3.13. The number of benzene rings is 2. The topological polar surface area (TPSA) is 39.2 Å². The molecule has 0 saturated heterocycles. The number of ether oxygens (including phenoxy) is 1. The zero-order chi connectivity index (χ0) is 20.1. The fourth-order valence-corrected chi connectivity index (χ4v) is 3.13. The lowest BCUT2D eigenvalue weighted by Crippen LogP contribution is -2.24. The van der Waals surface area contributed by atoms with Crippen molar-refractivity contribution in [3.8, 4) is 17.0 Å². The van der Waals surface area contributed by atoms with E-state index in [0.717, 1.165) is 0 Å². The average Bonchev–Trinajstić information content (AvgIpc) is 2.71. The molecule has 0 saturated carbocycles. The van der Waals surface area contributed by atoms with Crippen LogP contribution in [0.25, 0.3) is 11.3 Å². The first-order valence-electron chi connectivity index (χ1n) is 8.65. The number of nitrogens with zero attached hydrogens (tertiary/aromatic N) is 1. The Morgan fingerprint density at radius 3 is 2.36 bits per heavy atom. The molecule has 0 N–H and O–H groups in total. The number of halogens is 3.